The summed E-state index contributed by atoms with van der Waals surface area (Å²) in [7, 11) is 0. The molecule has 0 saturated carbocycles. The van der Waals surface area contributed by atoms with E-state index < -0.39 is 24.2 Å². The maximum atomic E-state index is 9.36. The number of rotatable bonds is 2. The number of benzene rings is 8. The summed E-state index contributed by atoms with van der Waals surface area (Å²) in [4.78, 5) is 0. The summed E-state index contributed by atoms with van der Waals surface area (Å²) in [5.74, 6) is 0. The molecule has 8 aromatic carbocycles. The Kier molecular flexibility index (Phi) is 3.62. The summed E-state index contributed by atoms with van der Waals surface area (Å²) < 4.78 is 80.9. The van der Waals surface area contributed by atoms with Gasteiger partial charge in [-0.05, 0) is 79.3 Å². The van der Waals surface area contributed by atoms with Crippen molar-refractivity contribution < 1.29 is 15.4 Å². The van der Waals surface area contributed by atoms with Crippen molar-refractivity contribution in [2.45, 2.75) is 0 Å². The minimum absolute atomic E-state index is 0.179. The molecule has 44 heavy (non-hydrogen) atoms. The lowest BCUT2D eigenvalue weighted by atomic mass is 9.85. The molecule has 2 heteroatoms. The zero-order valence-corrected chi connectivity index (χ0v) is 23.9. The van der Waals surface area contributed by atoms with Crippen molar-refractivity contribution >= 4 is 85.8 Å². The highest BCUT2D eigenvalue weighted by molar-refractivity contribution is 7.26. The maximum absolute atomic E-state index is 9.36. The van der Waals surface area contributed by atoms with Gasteiger partial charge < -0.3 is 4.42 Å². The average molecular weight is 585 g/mol. The summed E-state index contributed by atoms with van der Waals surface area (Å²) >= 11 is 1.54. The van der Waals surface area contributed by atoms with Crippen molar-refractivity contribution in [1.29, 1.82) is 0 Å². The van der Waals surface area contributed by atoms with E-state index in [2.05, 4.69) is 6.07 Å². The molecule has 0 saturated heterocycles. The number of thiophene rings is 1. The van der Waals surface area contributed by atoms with Crippen LogP contribution in [0.1, 0.15) is 11.0 Å². The van der Waals surface area contributed by atoms with Crippen molar-refractivity contribution in [2.75, 3.05) is 0 Å². The van der Waals surface area contributed by atoms with Crippen LogP contribution in [0, 0.1) is 0 Å². The molecule has 0 bridgehead atoms. The smallest absolute Gasteiger partial charge is 0.136 e. The van der Waals surface area contributed by atoms with Crippen LogP contribution in [0.15, 0.2) is 150 Å². The van der Waals surface area contributed by atoms with Crippen LogP contribution in [0.2, 0.25) is 0 Å². The van der Waals surface area contributed by atoms with Crippen LogP contribution in [0.4, 0.5) is 0 Å². The molecule has 2 heterocycles. The van der Waals surface area contributed by atoms with E-state index >= 15 is 0 Å². The van der Waals surface area contributed by atoms with Gasteiger partial charge in [0.15, 0.2) is 0 Å². The van der Waals surface area contributed by atoms with Gasteiger partial charge in [0.1, 0.15) is 11.2 Å². The van der Waals surface area contributed by atoms with E-state index in [0.717, 1.165) is 41.7 Å². The van der Waals surface area contributed by atoms with Gasteiger partial charge in [0, 0.05) is 36.5 Å². The molecule has 0 fully saturated rings. The number of hydrogen-bond donors (Lipinski definition) is 0. The highest BCUT2D eigenvalue weighted by Gasteiger charge is 2.20. The van der Waals surface area contributed by atoms with Crippen molar-refractivity contribution in [2.24, 2.45) is 0 Å². The van der Waals surface area contributed by atoms with Gasteiger partial charge in [-0.2, -0.15) is 0 Å². The zero-order chi connectivity index (χ0) is 35.7. The van der Waals surface area contributed by atoms with E-state index in [0.29, 0.717) is 33.4 Å². The fourth-order valence-corrected chi connectivity index (χ4v) is 7.97. The Bertz CT molecular complexity index is 3150. The molecule has 10 rings (SSSR count). The lowest BCUT2D eigenvalue weighted by Gasteiger charge is -2.18. The highest BCUT2D eigenvalue weighted by atomic mass is 32.1. The van der Waals surface area contributed by atoms with Crippen LogP contribution in [0.25, 0.3) is 96.7 Å². The monoisotopic (exact) mass is 584 g/mol. The van der Waals surface area contributed by atoms with Crippen LogP contribution in [0.3, 0.4) is 0 Å². The minimum Gasteiger partial charge on any atom is -0.456 e. The fourth-order valence-electron chi connectivity index (χ4n) is 6.74. The molecule has 0 N–H and O–H groups in total. The lowest BCUT2D eigenvalue weighted by molar-refractivity contribution is 0.669. The van der Waals surface area contributed by atoms with E-state index in [-0.39, 0.29) is 45.7 Å². The molecule has 10 aromatic rings. The van der Waals surface area contributed by atoms with E-state index in [1.165, 1.54) is 0 Å². The first-order chi connectivity index (χ1) is 25.1. The third-order valence-corrected chi connectivity index (χ3v) is 9.90. The number of furan rings is 1. The Balaban J connectivity index is 1.42. The molecule has 0 aliphatic carbocycles. The highest BCUT2D eigenvalue weighted by Crippen LogP contribution is 2.48. The van der Waals surface area contributed by atoms with Crippen LogP contribution in [-0.4, -0.2) is 0 Å². The van der Waals surface area contributed by atoms with Crippen LogP contribution in [-0.2, 0) is 0 Å². The maximum Gasteiger partial charge on any atom is 0.136 e. The lowest BCUT2D eigenvalue weighted by Crippen LogP contribution is -1.91. The fraction of sp³-hybridized carbons (Fsp3) is 0. The van der Waals surface area contributed by atoms with Gasteiger partial charge in [0.2, 0.25) is 0 Å². The molecule has 0 spiro atoms. The third kappa shape index (κ3) is 3.35. The Morgan fingerprint density at radius 1 is 0.477 bits per heavy atom. The first-order valence-electron chi connectivity index (χ1n) is 18.4. The molecule has 0 aliphatic rings. The Morgan fingerprint density at radius 2 is 1.11 bits per heavy atom. The predicted molar refractivity (Wildman–Crippen MR) is 190 cm³/mol. The van der Waals surface area contributed by atoms with Gasteiger partial charge in [-0.15, -0.1) is 11.3 Å². The minimum atomic E-state index is -0.429. The summed E-state index contributed by atoms with van der Waals surface area (Å²) in [6.07, 6.45) is 0. The summed E-state index contributed by atoms with van der Waals surface area (Å²) in [5.41, 5.74) is 3.02. The number of fused-ring (bicyclic) bond motifs is 9. The van der Waals surface area contributed by atoms with Crippen molar-refractivity contribution in [3.63, 3.8) is 0 Å². The topological polar surface area (TPSA) is 13.1 Å². The molecule has 0 amide bonds. The Morgan fingerprint density at radius 3 is 1.89 bits per heavy atom. The average Bonchev–Trinajstić information content (AvgIpc) is 3.73. The van der Waals surface area contributed by atoms with Gasteiger partial charge in [-0.25, -0.2) is 0 Å². The van der Waals surface area contributed by atoms with Gasteiger partial charge in [0.05, 0.1) is 11.0 Å². The quantitative estimate of drug-likeness (QED) is 0.184. The second-order valence-electron chi connectivity index (χ2n) is 11.0. The zero-order valence-electron chi connectivity index (χ0n) is 31.1. The molecule has 2 aromatic heterocycles. The van der Waals surface area contributed by atoms with Gasteiger partial charge in [0.25, 0.3) is 0 Å². The molecule has 204 valence electrons. The molecule has 0 radical (unpaired) electrons. The molecule has 1 nitrogen and oxygen atoms in total. The second-order valence-corrected chi connectivity index (χ2v) is 12.1. The van der Waals surface area contributed by atoms with E-state index in [1.807, 2.05) is 91.0 Å². The predicted octanol–water partition coefficient (Wildman–Crippen LogP) is 12.7. The SMILES string of the molecule is [2H]c1c([2H])c([2H])c2c(-c3cccc4c3sc3ccccc34)c3c([2H])c([2H])c([2H])c([2H])c3c(-c3ccc4c(c3)oc3cc5ccccc5cc34)c2c1[2H]. The molecule has 0 unspecified atom stereocenters. The summed E-state index contributed by atoms with van der Waals surface area (Å²) in [5, 5.41) is 6.60. The molecular weight excluding hydrogens is 553 g/mol. The number of hydrogen-bond acceptors (Lipinski definition) is 2. The molecular formula is C42H24OS. The van der Waals surface area contributed by atoms with Gasteiger partial charge >= 0.3 is 0 Å². The van der Waals surface area contributed by atoms with Crippen molar-refractivity contribution in [3.8, 4) is 22.3 Å². The van der Waals surface area contributed by atoms with Gasteiger partial charge in [-0.1, -0.05) is 115 Å². The largest absolute Gasteiger partial charge is 0.456 e. The van der Waals surface area contributed by atoms with E-state index in [4.69, 9.17) is 9.90 Å². The van der Waals surface area contributed by atoms with Gasteiger partial charge in [-0.3, -0.25) is 0 Å². The normalized spacial score (nSPS) is 14.6. The van der Waals surface area contributed by atoms with Crippen LogP contribution in [0.5, 0.6) is 0 Å². The standard InChI is InChI=1S/C42H24OS/c1-2-11-26-23-38-36(22-25(26)10-1)28-21-20-27(24-37(28)43-38)40-30-13-3-5-15-32(30)41(33-16-6-4-14-31(33)40)35-18-9-17-34-29-12-7-8-19-39(29)44-42(34)35/h1-24H/i3D,4D,5D,6D,13D,14D,15D,16D. The Labute approximate surface area is 268 Å². The summed E-state index contributed by atoms with van der Waals surface area (Å²) in [6, 6.07) is 28.6. The van der Waals surface area contributed by atoms with E-state index in [1.54, 1.807) is 11.3 Å². The third-order valence-electron chi connectivity index (χ3n) is 8.68. The van der Waals surface area contributed by atoms with Crippen molar-refractivity contribution in [3.05, 3.63) is 145 Å². The van der Waals surface area contributed by atoms with Crippen LogP contribution >= 0.6 is 11.3 Å². The molecule has 0 aliphatic heterocycles. The van der Waals surface area contributed by atoms with Crippen molar-refractivity contribution in [1.82, 2.24) is 0 Å². The Hall–Kier alpha value is -5.44. The van der Waals surface area contributed by atoms with E-state index in [9.17, 15) is 5.48 Å². The molecule has 0 atom stereocenters. The first kappa shape index (κ1) is 17.6. The van der Waals surface area contributed by atoms with Crippen LogP contribution < -0.4 is 0 Å². The summed E-state index contributed by atoms with van der Waals surface area (Å²) in [6.45, 7) is 0. The second kappa shape index (κ2) is 9.03. The first-order valence-corrected chi connectivity index (χ1v) is 15.2.